The van der Waals surface area contributed by atoms with Crippen molar-refractivity contribution in [3.05, 3.63) is 29.8 Å². The number of para-hydroxylation sites is 1. The molecule has 0 aliphatic carbocycles. The van der Waals surface area contributed by atoms with Crippen molar-refractivity contribution in [2.24, 2.45) is 0 Å². The first kappa shape index (κ1) is 14.7. The van der Waals surface area contributed by atoms with E-state index in [1.165, 1.54) is 4.90 Å². The van der Waals surface area contributed by atoms with Crippen LogP contribution in [0, 0.1) is 11.3 Å². The Bertz CT molecular complexity index is 506. The second-order valence-corrected chi connectivity index (χ2v) is 4.19. The minimum Gasteiger partial charge on any atom is -0.338 e. The molecular weight excluding hydrogens is 242 g/mol. The number of anilines is 1. The first-order valence-electron chi connectivity index (χ1n) is 6.15. The molecule has 1 aromatic carbocycles. The van der Waals surface area contributed by atoms with Crippen molar-refractivity contribution in [2.45, 2.75) is 19.8 Å². The molecule has 2 amide bonds. The van der Waals surface area contributed by atoms with Gasteiger partial charge in [-0.15, -0.1) is 0 Å². The fourth-order valence-corrected chi connectivity index (χ4v) is 1.54. The summed E-state index contributed by atoms with van der Waals surface area (Å²) in [5.74, 6) is -1.32. The summed E-state index contributed by atoms with van der Waals surface area (Å²) in [5, 5.41) is 11.4. The van der Waals surface area contributed by atoms with Crippen molar-refractivity contribution in [3.63, 3.8) is 0 Å². The second-order valence-electron chi connectivity index (χ2n) is 4.19. The molecule has 1 N–H and O–H groups in total. The van der Waals surface area contributed by atoms with Crippen LogP contribution in [0.4, 0.5) is 5.69 Å². The number of amides is 2. The van der Waals surface area contributed by atoms with Crippen molar-refractivity contribution >= 4 is 17.5 Å². The summed E-state index contributed by atoms with van der Waals surface area (Å²) in [4.78, 5) is 24.9. The molecule has 0 unspecified atom stereocenters. The summed E-state index contributed by atoms with van der Waals surface area (Å²) in [5.41, 5.74) is 0.687. The minimum absolute atomic E-state index is 0.333. The average Bonchev–Trinajstić information content (AvgIpc) is 2.44. The van der Waals surface area contributed by atoms with E-state index in [2.05, 4.69) is 5.32 Å². The van der Waals surface area contributed by atoms with E-state index in [0.717, 1.165) is 12.8 Å². The molecule has 1 rings (SSSR count). The first-order valence-corrected chi connectivity index (χ1v) is 6.15. The van der Waals surface area contributed by atoms with Gasteiger partial charge in [0, 0.05) is 13.6 Å². The van der Waals surface area contributed by atoms with Gasteiger partial charge in [0.05, 0.1) is 11.3 Å². The Morgan fingerprint density at radius 3 is 2.68 bits per heavy atom. The number of nitriles is 1. The number of nitrogens with zero attached hydrogens (tertiary/aromatic N) is 2. The fraction of sp³-hybridized carbons (Fsp3) is 0.357. The van der Waals surface area contributed by atoms with Crippen LogP contribution in [0.15, 0.2) is 24.3 Å². The van der Waals surface area contributed by atoms with E-state index >= 15 is 0 Å². The molecule has 0 saturated heterocycles. The minimum atomic E-state index is -0.721. The highest BCUT2D eigenvalue weighted by Gasteiger charge is 2.19. The lowest BCUT2D eigenvalue weighted by Crippen LogP contribution is -2.37. The highest BCUT2D eigenvalue weighted by molar-refractivity contribution is 6.39. The molecule has 1 aromatic rings. The SMILES string of the molecule is CCCCN(C)C(=O)C(=O)Nc1ccccc1C#N. The molecule has 0 bridgehead atoms. The molecular formula is C14H17N3O2. The van der Waals surface area contributed by atoms with E-state index in [1.54, 1.807) is 31.3 Å². The molecule has 0 spiro atoms. The van der Waals surface area contributed by atoms with Gasteiger partial charge in [0.1, 0.15) is 6.07 Å². The van der Waals surface area contributed by atoms with Gasteiger partial charge >= 0.3 is 11.8 Å². The lowest BCUT2D eigenvalue weighted by atomic mass is 10.2. The van der Waals surface area contributed by atoms with Gasteiger partial charge in [0.2, 0.25) is 0 Å². The maximum Gasteiger partial charge on any atom is 0.313 e. The molecule has 0 saturated carbocycles. The van der Waals surface area contributed by atoms with Crippen LogP contribution in [0.2, 0.25) is 0 Å². The lowest BCUT2D eigenvalue weighted by Gasteiger charge is -2.16. The zero-order valence-corrected chi connectivity index (χ0v) is 11.1. The van der Waals surface area contributed by atoms with E-state index in [9.17, 15) is 9.59 Å². The first-order chi connectivity index (χ1) is 9.10. The van der Waals surface area contributed by atoms with Crippen LogP contribution in [0.1, 0.15) is 25.3 Å². The van der Waals surface area contributed by atoms with Gasteiger partial charge in [0.25, 0.3) is 0 Å². The summed E-state index contributed by atoms with van der Waals surface area (Å²) in [7, 11) is 1.59. The van der Waals surface area contributed by atoms with Crippen LogP contribution in [0.5, 0.6) is 0 Å². The van der Waals surface area contributed by atoms with Crippen LogP contribution in [-0.4, -0.2) is 30.3 Å². The normalized spacial score (nSPS) is 9.53. The molecule has 0 heterocycles. The third-order valence-corrected chi connectivity index (χ3v) is 2.68. The highest BCUT2D eigenvalue weighted by atomic mass is 16.2. The second kappa shape index (κ2) is 7.17. The van der Waals surface area contributed by atoms with Gasteiger partial charge in [0.15, 0.2) is 0 Å². The predicted octanol–water partition coefficient (Wildman–Crippen LogP) is 1.76. The van der Waals surface area contributed by atoms with E-state index in [4.69, 9.17) is 5.26 Å². The highest BCUT2D eigenvalue weighted by Crippen LogP contribution is 2.13. The van der Waals surface area contributed by atoms with E-state index in [1.807, 2.05) is 13.0 Å². The number of rotatable bonds is 4. The molecule has 100 valence electrons. The summed E-state index contributed by atoms with van der Waals surface area (Å²) < 4.78 is 0. The van der Waals surface area contributed by atoms with E-state index in [-0.39, 0.29) is 0 Å². The topological polar surface area (TPSA) is 73.2 Å². The number of carbonyl (C=O) groups excluding carboxylic acids is 2. The number of hydrogen-bond acceptors (Lipinski definition) is 3. The van der Waals surface area contributed by atoms with Gasteiger partial charge in [-0.25, -0.2) is 0 Å². The van der Waals surface area contributed by atoms with Crippen LogP contribution >= 0.6 is 0 Å². The molecule has 0 aliphatic rings. The van der Waals surface area contributed by atoms with Crippen LogP contribution in [-0.2, 0) is 9.59 Å². The van der Waals surface area contributed by atoms with Gasteiger partial charge in [-0.3, -0.25) is 9.59 Å². The number of carbonyl (C=O) groups is 2. The van der Waals surface area contributed by atoms with Crippen LogP contribution < -0.4 is 5.32 Å². The summed E-state index contributed by atoms with van der Waals surface area (Å²) in [6.07, 6.45) is 1.81. The molecule has 0 aromatic heterocycles. The van der Waals surface area contributed by atoms with Crippen molar-refractivity contribution < 1.29 is 9.59 Å². The monoisotopic (exact) mass is 259 g/mol. The number of unbranched alkanes of at least 4 members (excludes halogenated alkanes) is 1. The Morgan fingerprint density at radius 2 is 2.05 bits per heavy atom. The Morgan fingerprint density at radius 1 is 1.37 bits per heavy atom. The smallest absolute Gasteiger partial charge is 0.313 e. The Labute approximate surface area is 112 Å². The summed E-state index contributed by atoms with van der Waals surface area (Å²) in [6.45, 7) is 2.56. The van der Waals surface area contributed by atoms with Gasteiger partial charge in [-0.2, -0.15) is 5.26 Å². The number of hydrogen-bond donors (Lipinski definition) is 1. The predicted molar refractivity (Wildman–Crippen MR) is 72.3 cm³/mol. The maximum atomic E-state index is 11.8. The number of likely N-dealkylation sites (N-methyl/N-ethyl adjacent to an activating group) is 1. The Hall–Kier alpha value is -2.35. The van der Waals surface area contributed by atoms with Crippen LogP contribution in [0.25, 0.3) is 0 Å². The number of benzene rings is 1. The maximum absolute atomic E-state index is 11.8. The zero-order valence-electron chi connectivity index (χ0n) is 11.1. The quantitative estimate of drug-likeness (QED) is 0.837. The third-order valence-electron chi connectivity index (χ3n) is 2.68. The zero-order chi connectivity index (χ0) is 14.3. The molecule has 0 aliphatic heterocycles. The van der Waals surface area contributed by atoms with Gasteiger partial charge in [-0.05, 0) is 18.6 Å². The van der Waals surface area contributed by atoms with E-state index in [0.29, 0.717) is 17.8 Å². The summed E-state index contributed by atoms with van der Waals surface area (Å²) >= 11 is 0. The van der Waals surface area contributed by atoms with Gasteiger partial charge < -0.3 is 10.2 Å². The molecule has 5 nitrogen and oxygen atoms in total. The standard InChI is InChI=1S/C14H17N3O2/c1-3-4-9-17(2)14(19)13(18)16-12-8-6-5-7-11(12)10-15/h5-8H,3-4,9H2,1-2H3,(H,16,18). The molecule has 0 atom stereocenters. The van der Waals surface area contributed by atoms with Crippen molar-refractivity contribution in [1.29, 1.82) is 5.26 Å². The summed E-state index contributed by atoms with van der Waals surface area (Å²) in [6, 6.07) is 8.53. The number of nitrogens with one attached hydrogen (secondary N) is 1. The lowest BCUT2D eigenvalue weighted by molar-refractivity contribution is -0.142. The molecule has 0 radical (unpaired) electrons. The van der Waals surface area contributed by atoms with Gasteiger partial charge in [-0.1, -0.05) is 25.5 Å². The van der Waals surface area contributed by atoms with Crippen molar-refractivity contribution in [2.75, 3.05) is 18.9 Å². The molecule has 19 heavy (non-hydrogen) atoms. The van der Waals surface area contributed by atoms with Crippen LogP contribution in [0.3, 0.4) is 0 Å². The molecule has 5 heteroatoms. The largest absolute Gasteiger partial charge is 0.338 e. The fourth-order valence-electron chi connectivity index (χ4n) is 1.54. The van der Waals surface area contributed by atoms with Crippen molar-refractivity contribution in [3.8, 4) is 6.07 Å². The molecule has 0 fully saturated rings. The van der Waals surface area contributed by atoms with E-state index < -0.39 is 11.8 Å². The van der Waals surface area contributed by atoms with Crippen molar-refractivity contribution in [1.82, 2.24) is 4.90 Å². The average molecular weight is 259 g/mol. The Kier molecular flexibility index (Phi) is 5.55. The Balaban J connectivity index is 2.69. The third kappa shape index (κ3) is 4.11.